The van der Waals surface area contributed by atoms with Gasteiger partial charge in [-0.1, -0.05) is 11.6 Å². The number of nitrogens with zero attached hydrogens (tertiary/aromatic N) is 2. The molecule has 22 heavy (non-hydrogen) atoms. The van der Waals surface area contributed by atoms with Crippen LogP contribution in [-0.2, 0) is 11.3 Å². The number of amides is 1. The van der Waals surface area contributed by atoms with E-state index in [2.05, 4.69) is 4.90 Å². The number of halogens is 1. The molecule has 3 heterocycles. The van der Waals surface area contributed by atoms with E-state index in [1.165, 1.54) is 0 Å². The van der Waals surface area contributed by atoms with Crippen molar-refractivity contribution in [2.45, 2.75) is 18.6 Å². The van der Waals surface area contributed by atoms with Crippen LogP contribution in [0, 0.1) is 0 Å². The first-order valence-electron chi connectivity index (χ1n) is 7.29. The first-order valence-corrected chi connectivity index (χ1v) is 7.67. The Hall–Kier alpha value is -1.66. The SMILES string of the molecule is CN1CC2(CCN(Cc3cc4c(cc3Cl)OCO4)C2)OC1=O. The van der Waals surface area contributed by atoms with Crippen LogP contribution >= 0.6 is 11.6 Å². The van der Waals surface area contributed by atoms with E-state index in [1.54, 1.807) is 18.0 Å². The molecular formula is C15H17ClN2O4. The van der Waals surface area contributed by atoms with Crippen molar-refractivity contribution in [2.24, 2.45) is 0 Å². The molecule has 3 aliphatic heterocycles. The monoisotopic (exact) mass is 324 g/mol. The predicted molar refractivity (Wildman–Crippen MR) is 79.3 cm³/mol. The second-order valence-electron chi connectivity index (χ2n) is 6.16. The number of carbonyl (C=O) groups excluding carboxylic acids is 1. The van der Waals surface area contributed by atoms with Crippen LogP contribution in [0.2, 0.25) is 5.02 Å². The summed E-state index contributed by atoms with van der Waals surface area (Å²) in [5.74, 6) is 1.43. The van der Waals surface area contributed by atoms with Crippen LogP contribution in [0.3, 0.4) is 0 Å². The Labute approximate surface area is 133 Å². The Kier molecular flexibility index (Phi) is 3.13. The van der Waals surface area contributed by atoms with Gasteiger partial charge in [-0.2, -0.15) is 0 Å². The van der Waals surface area contributed by atoms with Gasteiger partial charge in [0.25, 0.3) is 0 Å². The Morgan fingerprint density at radius 2 is 2.05 bits per heavy atom. The predicted octanol–water partition coefficient (Wildman–Crippen LogP) is 2.10. The average molecular weight is 325 g/mol. The molecule has 4 rings (SSSR count). The minimum atomic E-state index is -0.366. The highest BCUT2D eigenvalue weighted by Gasteiger charge is 2.48. The molecule has 2 saturated heterocycles. The van der Waals surface area contributed by atoms with E-state index in [0.717, 1.165) is 30.8 Å². The molecule has 0 aromatic heterocycles. The maximum Gasteiger partial charge on any atom is 0.410 e. The molecule has 7 heteroatoms. The topological polar surface area (TPSA) is 51.2 Å². The molecule has 1 aromatic rings. The second kappa shape index (κ2) is 4.93. The van der Waals surface area contributed by atoms with Crippen molar-refractivity contribution in [3.63, 3.8) is 0 Å². The molecule has 1 amide bonds. The van der Waals surface area contributed by atoms with Gasteiger partial charge < -0.3 is 19.1 Å². The van der Waals surface area contributed by atoms with Gasteiger partial charge in [0.15, 0.2) is 11.5 Å². The molecule has 1 aromatic carbocycles. The van der Waals surface area contributed by atoms with E-state index in [4.69, 9.17) is 25.8 Å². The molecule has 0 bridgehead atoms. The number of carbonyl (C=O) groups is 1. The van der Waals surface area contributed by atoms with Crippen molar-refractivity contribution >= 4 is 17.7 Å². The average Bonchev–Trinajstić information content (AvgIpc) is 3.13. The number of fused-ring (bicyclic) bond motifs is 1. The lowest BCUT2D eigenvalue weighted by Gasteiger charge is -2.22. The highest BCUT2D eigenvalue weighted by atomic mass is 35.5. The quantitative estimate of drug-likeness (QED) is 0.834. The fourth-order valence-corrected chi connectivity index (χ4v) is 3.60. The van der Waals surface area contributed by atoms with Gasteiger partial charge in [0, 0.05) is 44.2 Å². The third-order valence-electron chi connectivity index (χ3n) is 4.47. The maximum atomic E-state index is 11.6. The number of rotatable bonds is 2. The van der Waals surface area contributed by atoms with Crippen LogP contribution in [0.15, 0.2) is 12.1 Å². The van der Waals surface area contributed by atoms with E-state index in [0.29, 0.717) is 23.9 Å². The van der Waals surface area contributed by atoms with Gasteiger partial charge in [0.1, 0.15) is 5.60 Å². The van der Waals surface area contributed by atoms with Crippen molar-refractivity contribution < 1.29 is 19.0 Å². The molecule has 1 unspecified atom stereocenters. The van der Waals surface area contributed by atoms with Crippen molar-refractivity contribution in [1.82, 2.24) is 9.80 Å². The van der Waals surface area contributed by atoms with Crippen molar-refractivity contribution in [3.05, 3.63) is 22.7 Å². The summed E-state index contributed by atoms with van der Waals surface area (Å²) in [6.07, 6.45) is 0.619. The lowest BCUT2D eigenvalue weighted by Crippen LogP contribution is -2.37. The summed E-state index contributed by atoms with van der Waals surface area (Å²) in [6, 6.07) is 3.73. The number of likely N-dealkylation sites (tertiary alicyclic amines) is 1. The largest absolute Gasteiger partial charge is 0.454 e. The van der Waals surface area contributed by atoms with Crippen LogP contribution in [0.4, 0.5) is 4.79 Å². The molecule has 6 nitrogen and oxygen atoms in total. The van der Waals surface area contributed by atoms with Crippen LogP contribution < -0.4 is 9.47 Å². The van der Waals surface area contributed by atoms with Crippen LogP contribution in [0.5, 0.6) is 11.5 Å². The van der Waals surface area contributed by atoms with Crippen molar-refractivity contribution in [3.8, 4) is 11.5 Å². The zero-order valence-corrected chi connectivity index (χ0v) is 13.1. The van der Waals surface area contributed by atoms with Gasteiger partial charge in [-0.3, -0.25) is 4.90 Å². The lowest BCUT2D eigenvalue weighted by atomic mass is 10.0. The summed E-state index contributed by atoms with van der Waals surface area (Å²) in [4.78, 5) is 15.5. The number of ether oxygens (including phenoxy) is 3. The normalized spacial score (nSPS) is 27.0. The smallest absolute Gasteiger partial charge is 0.410 e. The molecule has 118 valence electrons. The third kappa shape index (κ3) is 2.27. The zero-order chi connectivity index (χ0) is 15.3. The molecule has 0 aliphatic carbocycles. The molecule has 1 spiro atoms. The molecule has 0 saturated carbocycles. The molecular weight excluding hydrogens is 308 g/mol. The standard InChI is InChI=1S/C15H17ClN2O4/c1-17-7-15(22-14(17)19)2-3-18(8-15)6-10-4-12-13(5-11(10)16)21-9-20-12/h4-5H,2-3,6-9H2,1H3. The maximum absolute atomic E-state index is 11.6. The first-order chi connectivity index (χ1) is 10.5. The fourth-order valence-electron chi connectivity index (χ4n) is 3.39. The van der Waals surface area contributed by atoms with Gasteiger partial charge in [0.2, 0.25) is 6.79 Å². The van der Waals surface area contributed by atoms with Crippen molar-refractivity contribution in [2.75, 3.05) is 33.5 Å². The fraction of sp³-hybridized carbons (Fsp3) is 0.533. The molecule has 1 atom stereocenters. The Morgan fingerprint density at radius 1 is 1.27 bits per heavy atom. The molecule has 3 aliphatic rings. The van der Waals surface area contributed by atoms with Crippen LogP contribution in [-0.4, -0.2) is 55.0 Å². The van der Waals surface area contributed by atoms with Gasteiger partial charge in [-0.15, -0.1) is 0 Å². The van der Waals surface area contributed by atoms with E-state index in [-0.39, 0.29) is 18.5 Å². The van der Waals surface area contributed by atoms with E-state index >= 15 is 0 Å². The van der Waals surface area contributed by atoms with Gasteiger partial charge in [-0.25, -0.2) is 4.79 Å². The number of likely N-dealkylation sites (N-methyl/N-ethyl adjacent to an activating group) is 1. The molecule has 0 N–H and O–H groups in total. The molecule has 2 fully saturated rings. The van der Waals surface area contributed by atoms with Crippen LogP contribution in [0.25, 0.3) is 0 Å². The highest BCUT2D eigenvalue weighted by Crippen LogP contribution is 2.38. The number of hydrogen-bond donors (Lipinski definition) is 0. The number of hydrogen-bond acceptors (Lipinski definition) is 5. The number of benzene rings is 1. The lowest BCUT2D eigenvalue weighted by molar-refractivity contribution is 0.0627. The first kappa shape index (κ1) is 14.0. The summed E-state index contributed by atoms with van der Waals surface area (Å²) in [7, 11) is 1.77. The summed E-state index contributed by atoms with van der Waals surface area (Å²) in [5.41, 5.74) is 0.634. The Bertz CT molecular complexity index is 638. The van der Waals surface area contributed by atoms with Gasteiger partial charge >= 0.3 is 6.09 Å². The van der Waals surface area contributed by atoms with E-state index in [1.807, 2.05) is 6.07 Å². The Morgan fingerprint density at radius 3 is 2.77 bits per heavy atom. The summed E-state index contributed by atoms with van der Waals surface area (Å²) < 4.78 is 16.3. The summed E-state index contributed by atoms with van der Waals surface area (Å²) >= 11 is 6.33. The third-order valence-corrected chi connectivity index (χ3v) is 4.82. The minimum Gasteiger partial charge on any atom is -0.454 e. The second-order valence-corrected chi connectivity index (χ2v) is 6.57. The zero-order valence-electron chi connectivity index (χ0n) is 12.3. The minimum absolute atomic E-state index is 0.233. The summed E-state index contributed by atoms with van der Waals surface area (Å²) in [6.45, 7) is 3.21. The Balaban J connectivity index is 1.48. The highest BCUT2D eigenvalue weighted by molar-refractivity contribution is 6.31. The van der Waals surface area contributed by atoms with Gasteiger partial charge in [0.05, 0.1) is 6.54 Å². The molecule has 0 radical (unpaired) electrons. The summed E-state index contributed by atoms with van der Waals surface area (Å²) in [5, 5.41) is 0.672. The van der Waals surface area contributed by atoms with E-state index in [9.17, 15) is 4.79 Å². The van der Waals surface area contributed by atoms with E-state index < -0.39 is 0 Å². The van der Waals surface area contributed by atoms with Crippen LogP contribution in [0.1, 0.15) is 12.0 Å². The van der Waals surface area contributed by atoms with Gasteiger partial charge in [-0.05, 0) is 11.6 Å². The van der Waals surface area contributed by atoms with Crippen molar-refractivity contribution in [1.29, 1.82) is 0 Å².